The van der Waals surface area contributed by atoms with Gasteiger partial charge in [-0.1, -0.05) is 6.07 Å². The standard InChI is InChI=1S/C18H17FN2O5S/c1-11-3-4-13(9-16(11)19)20-17(22)10-26-18(23)12(2)27-15-7-5-14(6-8-15)21(24)25/h3-9,12H,10H2,1-2H3,(H,20,22). The van der Waals surface area contributed by atoms with Gasteiger partial charge in [-0.15, -0.1) is 11.8 Å². The monoisotopic (exact) mass is 392 g/mol. The van der Waals surface area contributed by atoms with Crippen molar-refractivity contribution in [1.29, 1.82) is 0 Å². The van der Waals surface area contributed by atoms with E-state index in [-0.39, 0.29) is 11.4 Å². The third-order valence-corrected chi connectivity index (χ3v) is 4.58. The van der Waals surface area contributed by atoms with Gasteiger partial charge in [0.1, 0.15) is 11.1 Å². The minimum absolute atomic E-state index is 0.0428. The van der Waals surface area contributed by atoms with Gasteiger partial charge < -0.3 is 10.1 Å². The maximum Gasteiger partial charge on any atom is 0.319 e. The maximum absolute atomic E-state index is 13.4. The molecule has 1 amide bonds. The van der Waals surface area contributed by atoms with E-state index < -0.39 is 34.5 Å². The van der Waals surface area contributed by atoms with E-state index in [4.69, 9.17) is 4.74 Å². The first-order chi connectivity index (χ1) is 12.8. The van der Waals surface area contributed by atoms with E-state index in [0.717, 1.165) is 11.8 Å². The van der Waals surface area contributed by atoms with E-state index in [1.54, 1.807) is 19.9 Å². The molecular weight excluding hydrogens is 375 g/mol. The van der Waals surface area contributed by atoms with Crippen molar-refractivity contribution < 1.29 is 23.6 Å². The fourth-order valence-electron chi connectivity index (χ4n) is 2.02. The van der Waals surface area contributed by atoms with E-state index in [2.05, 4.69) is 5.32 Å². The van der Waals surface area contributed by atoms with Crippen molar-refractivity contribution >= 4 is 35.0 Å². The summed E-state index contributed by atoms with van der Waals surface area (Å²) in [6.07, 6.45) is 0. The van der Waals surface area contributed by atoms with Gasteiger partial charge in [-0.2, -0.15) is 0 Å². The Labute approximate surface area is 159 Å². The average molecular weight is 392 g/mol. The van der Waals surface area contributed by atoms with Crippen molar-refractivity contribution in [2.75, 3.05) is 11.9 Å². The number of nitro benzene ring substituents is 1. The lowest BCUT2D eigenvalue weighted by Gasteiger charge is -2.11. The van der Waals surface area contributed by atoms with Crippen LogP contribution in [0.1, 0.15) is 12.5 Å². The molecule has 0 saturated carbocycles. The van der Waals surface area contributed by atoms with Crippen LogP contribution < -0.4 is 5.32 Å². The van der Waals surface area contributed by atoms with Gasteiger partial charge in [0.05, 0.1) is 4.92 Å². The first-order valence-corrected chi connectivity index (χ1v) is 8.78. The average Bonchev–Trinajstić information content (AvgIpc) is 2.63. The predicted molar refractivity (Wildman–Crippen MR) is 99.1 cm³/mol. The van der Waals surface area contributed by atoms with Crippen molar-refractivity contribution in [2.24, 2.45) is 0 Å². The molecule has 1 unspecified atom stereocenters. The number of carbonyl (C=O) groups excluding carboxylic acids is 2. The molecule has 0 aliphatic heterocycles. The van der Waals surface area contributed by atoms with E-state index in [1.807, 2.05) is 0 Å². The number of esters is 1. The Morgan fingerprint density at radius 3 is 2.52 bits per heavy atom. The number of nitrogens with one attached hydrogen (secondary N) is 1. The van der Waals surface area contributed by atoms with Gasteiger partial charge in [0, 0.05) is 22.7 Å². The molecule has 2 rings (SSSR count). The number of anilines is 1. The van der Waals surface area contributed by atoms with Crippen LogP contribution >= 0.6 is 11.8 Å². The molecule has 7 nitrogen and oxygen atoms in total. The zero-order valence-electron chi connectivity index (χ0n) is 14.6. The number of nitro groups is 1. The second-order valence-corrected chi connectivity index (χ2v) is 7.05. The molecule has 0 spiro atoms. The summed E-state index contributed by atoms with van der Waals surface area (Å²) in [4.78, 5) is 34.6. The first kappa shape index (κ1) is 20.4. The molecule has 0 radical (unpaired) electrons. The molecule has 27 heavy (non-hydrogen) atoms. The molecule has 142 valence electrons. The van der Waals surface area contributed by atoms with Crippen LogP contribution in [-0.2, 0) is 14.3 Å². The van der Waals surface area contributed by atoms with Crippen molar-refractivity contribution in [1.82, 2.24) is 0 Å². The van der Waals surface area contributed by atoms with Gasteiger partial charge in [0.2, 0.25) is 0 Å². The molecule has 2 aromatic carbocycles. The topological polar surface area (TPSA) is 98.5 Å². The number of amides is 1. The number of non-ortho nitro benzene ring substituents is 1. The minimum atomic E-state index is -0.615. The molecule has 0 heterocycles. The fraction of sp³-hybridized carbons (Fsp3) is 0.222. The highest BCUT2D eigenvalue weighted by atomic mass is 32.2. The highest BCUT2D eigenvalue weighted by Gasteiger charge is 2.18. The molecule has 1 atom stereocenters. The number of halogens is 1. The van der Waals surface area contributed by atoms with Gasteiger partial charge in [-0.3, -0.25) is 19.7 Å². The number of hydrogen-bond acceptors (Lipinski definition) is 6. The van der Waals surface area contributed by atoms with Gasteiger partial charge >= 0.3 is 5.97 Å². The number of thioether (sulfide) groups is 1. The minimum Gasteiger partial charge on any atom is -0.455 e. The van der Waals surface area contributed by atoms with Crippen molar-refractivity contribution in [3.8, 4) is 0 Å². The summed E-state index contributed by atoms with van der Waals surface area (Å²) < 4.78 is 18.4. The van der Waals surface area contributed by atoms with E-state index >= 15 is 0 Å². The Balaban J connectivity index is 1.82. The summed E-state index contributed by atoms with van der Waals surface area (Å²) in [6.45, 7) is 2.70. The molecule has 0 aliphatic rings. The third-order valence-electron chi connectivity index (χ3n) is 3.49. The number of benzene rings is 2. The van der Waals surface area contributed by atoms with Gasteiger partial charge in [0.25, 0.3) is 11.6 Å². The maximum atomic E-state index is 13.4. The van der Waals surface area contributed by atoms with Crippen LogP contribution in [0.4, 0.5) is 15.8 Å². The van der Waals surface area contributed by atoms with Gasteiger partial charge in [-0.25, -0.2) is 4.39 Å². The SMILES string of the molecule is Cc1ccc(NC(=O)COC(=O)C(C)Sc2ccc([N+](=O)[O-])cc2)cc1F. The lowest BCUT2D eigenvalue weighted by Crippen LogP contribution is -2.24. The van der Waals surface area contributed by atoms with Crippen molar-refractivity contribution in [3.05, 3.63) is 64.0 Å². The van der Waals surface area contributed by atoms with Crippen LogP contribution in [0.25, 0.3) is 0 Å². The van der Waals surface area contributed by atoms with Crippen molar-refractivity contribution in [3.63, 3.8) is 0 Å². The number of hydrogen-bond donors (Lipinski definition) is 1. The van der Waals surface area contributed by atoms with Gasteiger partial charge in [-0.05, 0) is 43.7 Å². The summed E-state index contributed by atoms with van der Waals surface area (Å²) in [5.74, 6) is -1.64. The van der Waals surface area contributed by atoms with Crippen LogP contribution in [0.3, 0.4) is 0 Å². The van der Waals surface area contributed by atoms with Crippen LogP contribution in [-0.4, -0.2) is 28.7 Å². The molecule has 0 bridgehead atoms. The molecule has 0 fully saturated rings. The zero-order valence-corrected chi connectivity index (χ0v) is 15.4. The molecule has 2 aromatic rings. The Bertz CT molecular complexity index is 857. The first-order valence-electron chi connectivity index (χ1n) is 7.90. The van der Waals surface area contributed by atoms with E-state index in [1.165, 1.54) is 36.4 Å². The van der Waals surface area contributed by atoms with E-state index in [0.29, 0.717) is 10.5 Å². The second kappa shape index (κ2) is 9.13. The lowest BCUT2D eigenvalue weighted by atomic mass is 10.2. The smallest absolute Gasteiger partial charge is 0.319 e. The van der Waals surface area contributed by atoms with Gasteiger partial charge in [0.15, 0.2) is 6.61 Å². The Kier molecular flexibility index (Phi) is 6.89. The Hall–Kier alpha value is -2.94. The molecule has 0 aromatic heterocycles. The highest BCUT2D eigenvalue weighted by molar-refractivity contribution is 8.00. The molecule has 0 aliphatic carbocycles. The number of rotatable bonds is 7. The molecule has 1 N–H and O–H groups in total. The number of carbonyl (C=O) groups is 2. The summed E-state index contributed by atoms with van der Waals surface area (Å²) in [5, 5.41) is 12.5. The Morgan fingerprint density at radius 1 is 1.26 bits per heavy atom. The largest absolute Gasteiger partial charge is 0.455 e. The molecule has 9 heteroatoms. The van der Waals surface area contributed by atoms with Crippen LogP contribution in [0.2, 0.25) is 0 Å². The number of aryl methyl sites for hydroxylation is 1. The number of nitrogens with zero attached hydrogens (tertiary/aromatic N) is 1. The summed E-state index contributed by atoms with van der Waals surface area (Å²) in [6, 6.07) is 10.0. The second-order valence-electron chi connectivity index (χ2n) is 5.63. The fourth-order valence-corrected chi connectivity index (χ4v) is 2.89. The van der Waals surface area contributed by atoms with E-state index in [9.17, 15) is 24.1 Å². The summed E-state index contributed by atoms with van der Waals surface area (Å²) in [5.41, 5.74) is 0.683. The number of ether oxygens (including phenoxy) is 1. The zero-order chi connectivity index (χ0) is 20.0. The van der Waals surface area contributed by atoms with Crippen LogP contribution in [0, 0.1) is 22.9 Å². The molecule has 0 saturated heterocycles. The van der Waals surface area contributed by atoms with Crippen molar-refractivity contribution in [2.45, 2.75) is 24.0 Å². The lowest BCUT2D eigenvalue weighted by molar-refractivity contribution is -0.384. The molecular formula is C18H17FN2O5S. The summed E-state index contributed by atoms with van der Waals surface area (Å²) in [7, 11) is 0. The van der Waals surface area contributed by atoms with Crippen LogP contribution in [0.5, 0.6) is 0 Å². The quantitative estimate of drug-likeness (QED) is 0.334. The third kappa shape index (κ3) is 6.07. The normalized spacial score (nSPS) is 11.5. The highest BCUT2D eigenvalue weighted by Crippen LogP contribution is 2.26. The predicted octanol–water partition coefficient (Wildman–Crippen LogP) is 3.70. The Morgan fingerprint density at radius 2 is 1.93 bits per heavy atom. The van der Waals surface area contributed by atoms with Crippen LogP contribution in [0.15, 0.2) is 47.4 Å². The summed E-state index contributed by atoms with van der Waals surface area (Å²) >= 11 is 1.15.